The molecule has 0 aliphatic carbocycles. The van der Waals surface area contributed by atoms with Crippen LogP contribution in [0.5, 0.6) is 0 Å². The molecule has 1 aliphatic rings. The average Bonchev–Trinajstić information content (AvgIpc) is 2.13. The first-order chi connectivity index (χ1) is 6.58. The van der Waals surface area contributed by atoms with Gasteiger partial charge in [0.1, 0.15) is 0 Å². The minimum absolute atomic E-state index is 0.787. The normalized spacial score (nSPS) is 19.9. The fourth-order valence-electron chi connectivity index (χ4n) is 1.82. The van der Waals surface area contributed by atoms with Gasteiger partial charge in [-0.3, -0.25) is 4.90 Å². The van der Waals surface area contributed by atoms with E-state index in [1.165, 1.54) is 25.4 Å². The van der Waals surface area contributed by atoms with Crippen molar-refractivity contribution >= 4 is 8.07 Å². The van der Waals surface area contributed by atoms with Gasteiger partial charge in [0, 0.05) is 21.2 Å². The Morgan fingerprint density at radius 1 is 1.07 bits per heavy atom. The molecule has 14 heavy (non-hydrogen) atoms. The molecule has 0 spiro atoms. The Bertz CT molecular complexity index is 150. The monoisotopic (exact) mass is 215 g/mol. The summed E-state index contributed by atoms with van der Waals surface area (Å²) in [4.78, 5) is 2.54. The van der Waals surface area contributed by atoms with Gasteiger partial charge in [-0.25, -0.2) is 0 Å². The lowest BCUT2D eigenvalue weighted by atomic mass is 10.3. The summed E-state index contributed by atoms with van der Waals surface area (Å²) in [5.74, 6) is 0. The van der Waals surface area contributed by atoms with Crippen LogP contribution in [-0.4, -0.2) is 45.8 Å². The van der Waals surface area contributed by atoms with Crippen molar-refractivity contribution in [3.05, 3.63) is 0 Å². The summed E-state index contributed by atoms with van der Waals surface area (Å²) in [6.07, 6.45) is 2.80. The lowest BCUT2D eigenvalue weighted by molar-refractivity contribution is 0.0373. The van der Waals surface area contributed by atoms with Crippen molar-refractivity contribution < 1.29 is 4.74 Å². The molecule has 0 atom stereocenters. The summed E-state index contributed by atoms with van der Waals surface area (Å²) in [5, 5.41) is 0. The van der Waals surface area contributed by atoms with E-state index in [2.05, 4.69) is 24.5 Å². The van der Waals surface area contributed by atoms with Gasteiger partial charge < -0.3 is 4.74 Å². The predicted octanol–water partition coefficient (Wildman–Crippen LogP) is 2.44. The van der Waals surface area contributed by atoms with Gasteiger partial charge in [0.2, 0.25) is 0 Å². The number of morpholine rings is 1. The maximum absolute atomic E-state index is 5.33. The SMILES string of the molecule is C[Si](C)(C)CCCCN1CCOCC1. The third-order valence-electron chi connectivity index (χ3n) is 2.75. The van der Waals surface area contributed by atoms with Crippen LogP contribution in [0.4, 0.5) is 0 Å². The highest BCUT2D eigenvalue weighted by Gasteiger charge is 2.13. The van der Waals surface area contributed by atoms with E-state index in [-0.39, 0.29) is 0 Å². The van der Waals surface area contributed by atoms with E-state index < -0.39 is 8.07 Å². The van der Waals surface area contributed by atoms with Crippen LogP contribution in [0.15, 0.2) is 0 Å². The van der Waals surface area contributed by atoms with Crippen molar-refractivity contribution in [1.82, 2.24) is 4.90 Å². The van der Waals surface area contributed by atoms with E-state index >= 15 is 0 Å². The summed E-state index contributed by atoms with van der Waals surface area (Å²) in [5.41, 5.74) is 0. The lowest BCUT2D eigenvalue weighted by Crippen LogP contribution is -2.36. The Morgan fingerprint density at radius 2 is 1.71 bits per heavy atom. The summed E-state index contributed by atoms with van der Waals surface area (Å²) in [6.45, 7) is 12.8. The molecule has 0 amide bonds. The zero-order valence-corrected chi connectivity index (χ0v) is 11.0. The Kier molecular flexibility index (Phi) is 5.13. The van der Waals surface area contributed by atoms with Gasteiger partial charge in [-0.1, -0.05) is 32.1 Å². The molecule has 1 aliphatic heterocycles. The first-order valence-electron chi connectivity index (χ1n) is 5.88. The quantitative estimate of drug-likeness (QED) is 0.516. The first-order valence-corrected chi connectivity index (χ1v) is 9.59. The second kappa shape index (κ2) is 5.88. The Morgan fingerprint density at radius 3 is 2.29 bits per heavy atom. The molecule has 3 heteroatoms. The van der Waals surface area contributed by atoms with Crippen molar-refractivity contribution in [2.75, 3.05) is 32.8 Å². The summed E-state index contributed by atoms with van der Waals surface area (Å²) in [7, 11) is -0.787. The standard InChI is InChI=1S/C11H25NOSi/c1-14(2,3)11-5-4-6-12-7-9-13-10-8-12/h4-11H2,1-3H3. The minimum Gasteiger partial charge on any atom is -0.379 e. The van der Waals surface area contributed by atoms with Crippen LogP contribution in [0.25, 0.3) is 0 Å². The molecule has 0 aromatic heterocycles. The summed E-state index contributed by atoms with van der Waals surface area (Å²) < 4.78 is 5.33. The Labute approximate surface area is 89.6 Å². The van der Waals surface area contributed by atoms with Gasteiger partial charge in [0.25, 0.3) is 0 Å². The second-order valence-corrected chi connectivity index (χ2v) is 11.1. The van der Waals surface area contributed by atoms with E-state index in [0.717, 1.165) is 26.3 Å². The molecular formula is C11H25NOSi. The van der Waals surface area contributed by atoms with E-state index in [9.17, 15) is 0 Å². The van der Waals surface area contributed by atoms with Crippen molar-refractivity contribution in [2.45, 2.75) is 38.5 Å². The highest BCUT2D eigenvalue weighted by atomic mass is 28.3. The molecule has 1 fully saturated rings. The highest BCUT2D eigenvalue weighted by molar-refractivity contribution is 6.76. The van der Waals surface area contributed by atoms with Gasteiger partial charge in [0.15, 0.2) is 0 Å². The topological polar surface area (TPSA) is 12.5 Å². The van der Waals surface area contributed by atoms with Gasteiger partial charge in [-0.2, -0.15) is 0 Å². The molecule has 0 aromatic rings. The van der Waals surface area contributed by atoms with Crippen LogP contribution >= 0.6 is 0 Å². The first kappa shape index (κ1) is 12.2. The van der Waals surface area contributed by atoms with E-state index in [1.807, 2.05) is 0 Å². The van der Waals surface area contributed by atoms with Crippen LogP contribution in [0.3, 0.4) is 0 Å². The fraction of sp³-hybridized carbons (Fsp3) is 1.00. The number of rotatable bonds is 5. The van der Waals surface area contributed by atoms with Crippen LogP contribution < -0.4 is 0 Å². The van der Waals surface area contributed by atoms with Crippen molar-refractivity contribution in [1.29, 1.82) is 0 Å². The molecule has 1 heterocycles. The molecule has 1 saturated heterocycles. The average molecular weight is 215 g/mol. The number of unbranched alkanes of at least 4 members (excludes halogenated alkanes) is 1. The predicted molar refractivity (Wildman–Crippen MR) is 64.6 cm³/mol. The molecular weight excluding hydrogens is 190 g/mol. The van der Waals surface area contributed by atoms with Gasteiger partial charge in [-0.05, 0) is 13.0 Å². The number of hydrogen-bond donors (Lipinski definition) is 0. The maximum atomic E-state index is 5.33. The molecule has 0 N–H and O–H groups in total. The maximum Gasteiger partial charge on any atom is 0.0594 e. The fourth-order valence-corrected chi connectivity index (χ4v) is 3.13. The van der Waals surface area contributed by atoms with Crippen LogP contribution in [-0.2, 0) is 4.74 Å². The van der Waals surface area contributed by atoms with Crippen molar-refractivity contribution in [3.63, 3.8) is 0 Å². The summed E-state index contributed by atoms with van der Waals surface area (Å²) in [6, 6.07) is 1.48. The molecule has 0 unspecified atom stereocenters. The van der Waals surface area contributed by atoms with Gasteiger partial charge in [-0.15, -0.1) is 0 Å². The van der Waals surface area contributed by atoms with Gasteiger partial charge >= 0.3 is 0 Å². The smallest absolute Gasteiger partial charge is 0.0594 e. The molecule has 0 bridgehead atoms. The molecule has 2 nitrogen and oxygen atoms in total. The van der Waals surface area contributed by atoms with Crippen molar-refractivity contribution in [3.8, 4) is 0 Å². The minimum atomic E-state index is -0.787. The second-order valence-electron chi connectivity index (χ2n) is 5.47. The lowest BCUT2D eigenvalue weighted by Gasteiger charge is -2.26. The zero-order chi connectivity index (χ0) is 10.4. The molecule has 84 valence electrons. The molecule has 0 radical (unpaired) electrons. The third-order valence-corrected chi connectivity index (χ3v) is 4.61. The van der Waals surface area contributed by atoms with Crippen LogP contribution in [0, 0.1) is 0 Å². The Balaban J connectivity index is 1.97. The van der Waals surface area contributed by atoms with Crippen LogP contribution in [0.1, 0.15) is 12.8 Å². The largest absolute Gasteiger partial charge is 0.379 e. The zero-order valence-electron chi connectivity index (χ0n) is 10.0. The van der Waals surface area contributed by atoms with Gasteiger partial charge in [0.05, 0.1) is 13.2 Å². The van der Waals surface area contributed by atoms with E-state index in [1.54, 1.807) is 0 Å². The number of hydrogen-bond acceptors (Lipinski definition) is 2. The van der Waals surface area contributed by atoms with Crippen molar-refractivity contribution in [2.24, 2.45) is 0 Å². The van der Waals surface area contributed by atoms with E-state index in [0.29, 0.717) is 0 Å². The van der Waals surface area contributed by atoms with Crippen LogP contribution in [0.2, 0.25) is 25.7 Å². The molecule has 0 saturated carbocycles. The third kappa shape index (κ3) is 5.78. The molecule has 1 rings (SSSR count). The molecule has 0 aromatic carbocycles. The number of nitrogens with zero attached hydrogens (tertiary/aromatic N) is 1. The highest BCUT2D eigenvalue weighted by Crippen LogP contribution is 2.13. The number of ether oxygens (including phenoxy) is 1. The van der Waals surface area contributed by atoms with E-state index in [4.69, 9.17) is 4.74 Å². The summed E-state index contributed by atoms with van der Waals surface area (Å²) >= 11 is 0. The Hall–Kier alpha value is 0.137.